The van der Waals surface area contributed by atoms with E-state index < -0.39 is 23.5 Å². The Kier molecular flexibility index (Phi) is 7.04. The molecule has 1 aliphatic heterocycles. The van der Waals surface area contributed by atoms with Crippen molar-refractivity contribution in [1.29, 1.82) is 0 Å². The number of carbonyl (C=O) groups excluding carboxylic acids is 3. The molecular weight excluding hydrogens is 402 g/mol. The quantitative estimate of drug-likeness (QED) is 0.374. The first-order valence-corrected chi connectivity index (χ1v) is 9.88. The highest BCUT2D eigenvalue weighted by Gasteiger charge is 2.40. The van der Waals surface area contributed by atoms with Gasteiger partial charge in [-0.1, -0.05) is 12.1 Å². The molecule has 2 amide bonds. The molecule has 0 aromatic heterocycles. The molecule has 1 aliphatic rings. The van der Waals surface area contributed by atoms with E-state index in [1.165, 1.54) is 24.3 Å². The van der Waals surface area contributed by atoms with Crippen LogP contribution in [0.1, 0.15) is 29.8 Å². The van der Waals surface area contributed by atoms with Crippen molar-refractivity contribution in [3.05, 3.63) is 65.4 Å². The van der Waals surface area contributed by atoms with Crippen LogP contribution in [0.25, 0.3) is 5.57 Å². The fourth-order valence-corrected chi connectivity index (χ4v) is 3.06. The molecule has 0 atom stereocenters. The van der Waals surface area contributed by atoms with Crippen LogP contribution >= 0.6 is 0 Å². The van der Waals surface area contributed by atoms with Crippen LogP contribution in [0.5, 0.6) is 5.75 Å². The summed E-state index contributed by atoms with van der Waals surface area (Å²) in [5.74, 6) is -2.04. The minimum Gasteiger partial charge on any atom is -0.502 e. The van der Waals surface area contributed by atoms with E-state index in [4.69, 9.17) is 14.2 Å². The van der Waals surface area contributed by atoms with E-state index in [1.807, 2.05) is 13.8 Å². The van der Waals surface area contributed by atoms with Crippen molar-refractivity contribution in [2.45, 2.75) is 13.8 Å². The van der Waals surface area contributed by atoms with Crippen LogP contribution in [0.15, 0.2) is 54.3 Å². The van der Waals surface area contributed by atoms with Gasteiger partial charge in [-0.2, -0.15) is 0 Å². The topological polar surface area (TPSA) is 102 Å². The van der Waals surface area contributed by atoms with Gasteiger partial charge in [0.05, 0.1) is 30.0 Å². The third kappa shape index (κ3) is 4.75. The largest absolute Gasteiger partial charge is 0.502 e. The highest BCUT2D eigenvalue weighted by atomic mass is 16.6. The summed E-state index contributed by atoms with van der Waals surface area (Å²) in [6, 6.07) is 12.3. The minimum absolute atomic E-state index is 0.0903. The molecule has 3 rings (SSSR count). The Hall–Kier alpha value is -3.65. The van der Waals surface area contributed by atoms with Gasteiger partial charge >= 0.3 is 11.9 Å². The number of imide groups is 1. The van der Waals surface area contributed by atoms with E-state index in [9.17, 15) is 19.5 Å². The lowest BCUT2D eigenvalue weighted by atomic mass is 10.1. The second kappa shape index (κ2) is 9.90. The Morgan fingerprint density at radius 1 is 0.903 bits per heavy atom. The normalized spacial score (nSPS) is 13.7. The molecule has 8 nitrogen and oxygen atoms in total. The number of nitrogens with zero attached hydrogens (tertiary/aromatic N) is 1. The number of rotatable bonds is 9. The van der Waals surface area contributed by atoms with Crippen molar-refractivity contribution >= 4 is 29.0 Å². The van der Waals surface area contributed by atoms with E-state index in [2.05, 4.69) is 0 Å². The zero-order valence-electron chi connectivity index (χ0n) is 17.3. The summed E-state index contributed by atoms with van der Waals surface area (Å²) in [6.07, 6.45) is 0. The number of ether oxygens (including phenoxy) is 3. The van der Waals surface area contributed by atoms with Crippen LogP contribution < -0.4 is 9.64 Å². The van der Waals surface area contributed by atoms with Gasteiger partial charge in [-0.05, 0) is 55.8 Å². The van der Waals surface area contributed by atoms with Gasteiger partial charge in [-0.25, -0.2) is 9.69 Å². The maximum Gasteiger partial charge on any atom is 0.338 e. The number of esters is 1. The predicted molar refractivity (Wildman–Crippen MR) is 113 cm³/mol. The van der Waals surface area contributed by atoms with Crippen molar-refractivity contribution in [1.82, 2.24) is 0 Å². The molecule has 1 N–H and O–H groups in total. The lowest BCUT2D eigenvalue weighted by Gasteiger charge is -2.15. The van der Waals surface area contributed by atoms with Crippen LogP contribution in [0.2, 0.25) is 0 Å². The van der Waals surface area contributed by atoms with Crippen LogP contribution in [-0.4, -0.2) is 49.3 Å². The van der Waals surface area contributed by atoms with Crippen molar-refractivity contribution in [3.63, 3.8) is 0 Å². The van der Waals surface area contributed by atoms with Gasteiger partial charge in [0.15, 0.2) is 5.76 Å². The summed E-state index contributed by atoms with van der Waals surface area (Å²) >= 11 is 0. The second-order valence-electron chi connectivity index (χ2n) is 6.51. The molecule has 0 unspecified atom stereocenters. The molecule has 2 aromatic carbocycles. The average Bonchev–Trinajstić information content (AvgIpc) is 3.00. The standard InChI is InChI=1S/C23H23NO7/c1-3-29-13-14-31-23(28)16-5-9-17(10-6-16)24-21(26)19(20(25)22(24)27)15-7-11-18(12-8-15)30-4-2/h5-12,25H,3-4,13-14H2,1-2H3. The molecule has 0 fully saturated rings. The third-order valence-electron chi connectivity index (χ3n) is 4.54. The molecule has 162 valence electrons. The Balaban J connectivity index is 1.75. The zero-order valence-corrected chi connectivity index (χ0v) is 17.3. The molecule has 0 spiro atoms. The number of aliphatic hydroxyl groups excluding tert-OH is 1. The average molecular weight is 425 g/mol. The molecule has 0 aliphatic carbocycles. The first-order chi connectivity index (χ1) is 15.0. The van der Waals surface area contributed by atoms with Crippen LogP contribution in [0.4, 0.5) is 5.69 Å². The van der Waals surface area contributed by atoms with E-state index >= 15 is 0 Å². The fraction of sp³-hybridized carbons (Fsp3) is 0.261. The fourth-order valence-electron chi connectivity index (χ4n) is 3.06. The van der Waals surface area contributed by atoms with Gasteiger partial charge < -0.3 is 19.3 Å². The summed E-state index contributed by atoms with van der Waals surface area (Å²) < 4.78 is 15.6. The first kappa shape index (κ1) is 22.0. The molecular formula is C23H23NO7. The first-order valence-electron chi connectivity index (χ1n) is 9.88. The maximum absolute atomic E-state index is 12.9. The number of hydrogen-bond acceptors (Lipinski definition) is 7. The Bertz CT molecular complexity index is 994. The smallest absolute Gasteiger partial charge is 0.338 e. The van der Waals surface area contributed by atoms with E-state index in [-0.39, 0.29) is 23.4 Å². The molecule has 0 saturated carbocycles. The molecule has 0 saturated heterocycles. The summed E-state index contributed by atoms with van der Waals surface area (Å²) in [4.78, 5) is 38.4. The molecule has 1 heterocycles. The monoisotopic (exact) mass is 425 g/mol. The van der Waals surface area contributed by atoms with E-state index in [0.29, 0.717) is 31.1 Å². The molecule has 2 aromatic rings. The number of anilines is 1. The number of benzene rings is 2. The number of carbonyl (C=O) groups is 3. The summed E-state index contributed by atoms with van der Waals surface area (Å²) in [6.45, 7) is 5.15. The molecule has 8 heteroatoms. The highest BCUT2D eigenvalue weighted by Crippen LogP contribution is 2.32. The molecule has 0 bridgehead atoms. The number of amides is 2. The lowest BCUT2D eigenvalue weighted by molar-refractivity contribution is -0.121. The Morgan fingerprint density at radius 3 is 2.19 bits per heavy atom. The van der Waals surface area contributed by atoms with Crippen molar-refractivity contribution in [3.8, 4) is 5.75 Å². The SMILES string of the molecule is CCOCCOC(=O)c1ccc(N2C(=O)C(O)=C(c3ccc(OCC)cc3)C2=O)cc1. The van der Waals surface area contributed by atoms with Crippen molar-refractivity contribution in [2.75, 3.05) is 31.3 Å². The lowest BCUT2D eigenvalue weighted by Crippen LogP contribution is -2.31. The van der Waals surface area contributed by atoms with Crippen LogP contribution in [0, 0.1) is 0 Å². The summed E-state index contributed by atoms with van der Waals surface area (Å²) in [5, 5.41) is 10.3. The molecule has 31 heavy (non-hydrogen) atoms. The van der Waals surface area contributed by atoms with Gasteiger partial charge in [-0.15, -0.1) is 0 Å². The van der Waals surface area contributed by atoms with Gasteiger partial charge in [0.25, 0.3) is 5.91 Å². The van der Waals surface area contributed by atoms with Crippen molar-refractivity contribution in [2.24, 2.45) is 0 Å². The van der Waals surface area contributed by atoms with Crippen molar-refractivity contribution < 1.29 is 33.7 Å². The number of hydrogen-bond donors (Lipinski definition) is 1. The summed E-state index contributed by atoms with van der Waals surface area (Å²) in [7, 11) is 0. The minimum atomic E-state index is -0.832. The Morgan fingerprint density at radius 2 is 1.58 bits per heavy atom. The zero-order chi connectivity index (χ0) is 22.4. The van der Waals surface area contributed by atoms with Gasteiger partial charge in [0, 0.05) is 6.61 Å². The Labute approximate surface area is 179 Å². The maximum atomic E-state index is 12.9. The van der Waals surface area contributed by atoms with Gasteiger partial charge in [0.2, 0.25) is 0 Å². The summed E-state index contributed by atoms with van der Waals surface area (Å²) in [5.41, 5.74) is 0.806. The highest BCUT2D eigenvalue weighted by molar-refractivity contribution is 6.44. The van der Waals surface area contributed by atoms with Crippen LogP contribution in [0.3, 0.4) is 0 Å². The van der Waals surface area contributed by atoms with E-state index in [1.54, 1.807) is 24.3 Å². The third-order valence-corrected chi connectivity index (χ3v) is 4.54. The predicted octanol–water partition coefficient (Wildman–Crippen LogP) is 3.12. The second-order valence-corrected chi connectivity index (χ2v) is 6.51. The van der Waals surface area contributed by atoms with Gasteiger partial charge in [0.1, 0.15) is 12.4 Å². The van der Waals surface area contributed by atoms with Crippen LogP contribution in [-0.2, 0) is 19.1 Å². The van der Waals surface area contributed by atoms with Gasteiger partial charge in [-0.3, -0.25) is 9.59 Å². The van der Waals surface area contributed by atoms with E-state index in [0.717, 1.165) is 4.90 Å². The molecule has 0 radical (unpaired) electrons. The number of aliphatic hydroxyl groups is 1.